The lowest BCUT2D eigenvalue weighted by molar-refractivity contribution is 0.0953. The maximum absolute atomic E-state index is 12.1. The molecule has 0 radical (unpaired) electrons. The SMILES string of the molecule is CCN(CC)CCCCCNC(=O)c1ccc2nc[nH]c2c1. The second-order valence-corrected chi connectivity index (χ2v) is 5.48. The van der Waals surface area contributed by atoms with E-state index in [2.05, 4.69) is 34.0 Å². The summed E-state index contributed by atoms with van der Waals surface area (Å²) < 4.78 is 0. The molecular weight excluding hydrogens is 276 g/mol. The molecule has 0 atom stereocenters. The summed E-state index contributed by atoms with van der Waals surface area (Å²) in [7, 11) is 0. The molecule has 0 fully saturated rings. The van der Waals surface area contributed by atoms with Gasteiger partial charge in [0.25, 0.3) is 5.91 Å². The molecule has 0 aliphatic heterocycles. The van der Waals surface area contributed by atoms with Crippen molar-refractivity contribution < 1.29 is 4.79 Å². The van der Waals surface area contributed by atoms with Gasteiger partial charge in [-0.25, -0.2) is 4.98 Å². The molecule has 2 N–H and O–H groups in total. The van der Waals surface area contributed by atoms with Crippen LogP contribution in [-0.2, 0) is 0 Å². The molecule has 1 amide bonds. The third kappa shape index (κ3) is 4.56. The van der Waals surface area contributed by atoms with Crippen molar-refractivity contribution >= 4 is 16.9 Å². The van der Waals surface area contributed by atoms with E-state index in [4.69, 9.17) is 0 Å². The van der Waals surface area contributed by atoms with E-state index in [1.165, 1.54) is 6.42 Å². The maximum atomic E-state index is 12.1. The van der Waals surface area contributed by atoms with Crippen LogP contribution in [0.25, 0.3) is 11.0 Å². The lowest BCUT2D eigenvalue weighted by Crippen LogP contribution is -2.25. The molecule has 5 heteroatoms. The van der Waals surface area contributed by atoms with Gasteiger partial charge in [0.05, 0.1) is 17.4 Å². The molecule has 1 aromatic carbocycles. The Hall–Kier alpha value is -1.88. The molecule has 5 nitrogen and oxygen atoms in total. The Morgan fingerprint density at radius 1 is 1.23 bits per heavy atom. The minimum Gasteiger partial charge on any atom is -0.352 e. The van der Waals surface area contributed by atoms with Gasteiger partial charge in [0.2, 0.25) is 0 Å². The van der Waals surface area contributed by atoms with Crippen molar-refractivity contribution in [3.8, 4) is 0 Å². The number of carbonyl (C=O) groups is 1. The topological polar surface area (TPSA) is 61.0 Å². The minimum absolute atomic E-state index is 0.0137. The Bertz CT molecular complexity index is 589. The van der Waals surface area contributed by atoms with Gasteiger partial charge in [-0.15, -0.1) is 0 Å². The molecule has 120 valence electrons. The molecule has 0 aliphatic carbocycles. The molecule has 2 rings (SSSR count). The van der Waals surface area contributed by atoms with Crippen LogP contribution in [0.2, 0.25) is 0 Å². The molecule has 0 saturated heterocycles. The predicted molar refractivity (Wildman–Crippen MR) is 90.1 cm³/mol. The molecule has 1 aromatic heterocycles. The van der Waals surface area contributed by atoms with Crippen LogP contribution in [0.3, 0.4) is 0 Å². The molecular formula is C17H26N4O. The van der Waals surface area contributed by atoms with Gasteiger partial charge in [-0.05, 0) is 50.7 Å². The van der Waals surface area contributed by atoms with Crippen LogP contribution in [0.5, 0.6) is 0 Å². The highest BCUT2D eigenvalue weighted by molar-refractivity contribution is 5.97. The monoisotopic (exact) mass is 302 g/mol. The van der Waals surface area contributed by atoms with Crippen molar-refractivity contribution in [2.45, 2.75) is 33.1 Å². The maximum Gasteiger partial charge on any atom is 0.251 e. The molecule has 0 spiro atoms. The number of amides is 1. The number of nitrogens with one attached hydrogen (secondary N) is 2. The van der Waals surface area contributed by atoms with E-state index in [0.717, 1.165) is 50.1 Å². The molecule has 2 aromatic rings. The summed E-state index contributed by atoms with van der Waals surface area (Å²) in [6.07, 6.45) is 5.01. The quantitative estimate of drug-likeness (QED) is 0.700. The first kappa shape index (κ1) is 16.5. The molecule has 0 aliphatic rings. The number of hydrogen-bond donors (Lipinski definition) is 2. The van der Waals surface area contributed by atoms with E-state index in [-0.39, 0.29) is 5.91 Å². The summed E-state index contributed by atoms with van der Waals surface area (Å²) in [6.45, 7) is 8.50. The van der Waals surface area contributed by atoms with Crippen molar-refractivity contribution in [2.75, 3.05) is 26.2 Å². The van der Waals surface area contributed by atoms with Gasteiger partial charge in [0.15, 0.2) is 0 Å². The number of hydrogen-bond acceptors (Lipinski definition) is 3. The number of nitrogens with zero attached hydrogens (tertiary/aromatic N) is 2. The van der Waals surface area contributed by atoms with E-state index in [9.17, 15) is 4.79 Å². The second-order valence-electron chi connectivity index (χ2n) is 5.48. The van der Waals surface area contributed by atoms with Crippen LogP contribution in [0.4, 0.5) is 0 Å². The first-order valence-corrected chi connectivity index (χ1v) is 8.18. The molecule has 0 unspecified atom stereocenters. The van der Waals surface area contributed by atoms with Crippen molar-refractivity contribution in [2.24, 2.45) is 0 Å². The fourth-order valence-electron chi connectivity index (χ4n) is 2.56. The van der Waals surface area contributed by atoms with Crippen LogP contribution >= 0.6 is 0 Å². The smallest absolute Gasteiger partial charge is 0.251 e. The van der Waals surface area contributed by atoms with Gasteiger partial charge >= 0.3 is 0 Å². The van der Waals surface area contributed by atoms with Crippen LogP contribution in [-0.4, -0.2) is 47.0 Å². The number of benzene rings is 1. The number of aromatic nitrogens is 2. The van der Waals surface area contributed by atoms with Crippen molar-refractivity contribution in [3.63, 3.8) is 0 Å². The van der Waals surface area contributed by atoms with E-state index in [0.29, 0.717) is 5.56 Å². The Morgan fingerprint density at radius 2 is 2.05 bits per heavy atom. The van der Waals surface area contributed by atoms with Crippen molar-refractivity contribution in [1.29, 1.82) is 0 Å². The van der Waals surface area contributed by atoms with Crippen LogP contribution in [0, 0.1) is 0 Å². The van der Waals surface area contributed by atoms with Crippen LogP contribution < -0.4 is 5.32 Å². The molecule has 0 bridgehead atoms. The average Bonchev–Trinajstić information content (AvgIpc) is 3.01. The first-order chi connectivity index (χ1) is 10.7. The summed E-state index contributed by atoms with van der Waals surface area (Å²) in [4.78, 5) is 21.7. The fourth-order valence-corrected chi connectivity index (χ4v) is 2.56. The zero-order valence-electron chi connectivity index (χ0n) is 13.6. The van der Waals surface area contributed by atoms with Gasteiger partial charge in [0.1, 0.15) is 0 Å². The third-order valence-corrected chi connectivity index (χ3v) is 4.01. The van der Waals surface area contributed by atoms with Crippen molar-refractivity contribution in [3.05, 3.63) is 30.1 Å². The summed E-state index contributed by atoms with van der Waals surface area (Å²) in [5.74, 6) is -0.0137. The summed E-state index contributed by atoms with van der Waals surface area (Å²) in [5, 5.41) is 2.99. The Labute approximate surface area is 132 Å². The highest BCUT2D eigenvalue weighted by atomic mass is 16.1. The summed E-state index contributed by atoms with van der Waals surface area (Å²) >= 11 is 0. The Morgan fingerprint density at radius 3 is 2.82 bits per heavy atom. The first-order valence-electron chi connectivity index (χ1n) is 8.18. The normalized spacial score (nSPS) is 11.2. The number of unbranched alkanes of at least 4 members (excludes halogenated alkanes) is 2. The zero-order chi connectivity index (χ0) is 15.8. The van der Waals surface area contributed by atoms with Gasteiger partial charge < -0.3 is 15.2 Å². The van der Waals surface area contributed by atoms with Gasteiger partial charge in [-0.1, -0.05) is 20.3 Å². The third-order valence-electron chi connectivity index (χ3n) is 4.01. The highest BCUT2D eigenvalue weighted by Crippen LogP contribution is 2.11. The Balaban J connectivity index is 1.67. The Kier molecular flexibility index (Phi) is 6.40. The molecule has 22 heavy (non-hydrogen) atoms. The second kappa shape index (κ2) is 8.54. The number of rotatable bonds is 9. The summed E-state index contributed by atoms with van der Waals surface area (Å²) in [5.41, 5.74) is 2.46. The number of carbonyl (C=O) groups excluding carboxylic acids is 1. The molecule has 1 heterocycles. The number of aromatic amines is 1. The largest absolute Gasteiger partial charge is 0.352 e. The van der Waals surface area contributed by atoms with E-state index in [1.807, 2.05) is 18.2 Å². The van der Waals surface area contributed by atoms with Crippen molar-refractivity contribution in [1.82, 2.24) is 20.2 Å². The molecule has 0 saturated carbocycles. The minimum atomic E-state index is -0.0137. The number of fused-ring (bicyclic) bond motifs is 1. The number of imidazole rings is 1. The summed E-state index contributed by atoms with van der Waals surface area (Å²) in [6, 6.07) is 5.53. The van der Waals surface area contributed by atoms with Gasteiger partial charge in [0, 0.05) is 12.1 Å². The zero-order valence-corrected chi connectivity index (χ0v) is 13.6. The van der Waals surface area contributed by atoms with E-state index >= 15 is 0 Å². The van der Waals surface area contributed by atoms with Gasteiger partial charge in [-0.3, -0.25) is 4.79 Å². The standard InChI is InChI=1S/C17H26N4O/c1-3-21(4-2)11-7-5-6-10-18-17(22)14-8-9-15-16(12-14)20-13-19-15/h8-9,12-13H,3-7,10-11H2,1-2H3,(H,18,22)(H,19,20). The van der Waals surface area contributed by atoms with Crippen LogP contribution in [0.15, 0.2) is 24.5 Å². The lowest BCUT2D eigenvalue weighted by atomic mass is 10.2. The van der Waals surface area contributed by atoms with E-state index < -0.39 is 0 Å². The van der Waals surface area contributed by atoms with Gasteiger partial charge in [-0.2, -0.15) is 0 Å². The van der Waals surface area contributed by atoms with E-state index in [1.54, 1.807) is 6.33 Å². The lowest BCUT2D eigenvalue weighted by Gasteiger charge is -2.17. The highest BCUT2D eigenvalue weighted by Gasteiger charge is 2.06. The predicted octanol–water partition coefficient (Wildman–Crippen LogP) is 2.80. The number of H-pyrrole nitrogens is 1. The average molecular weight is 302 g/mol. The van der Waals surface area contributed by atoms with Crippen LogP contribution in [0.1, 0.15) is 43.5 Å². The fraction of sp³-hybridized carbons (Fsp3) is 0.529.